The molecule has 1 amide bonds. The second-order valence-electron chi connectivity index (χ2n) is 6.88. The van der Waals surface area contributed by atoms with Crippen LogP contribution in [0.4, 0.5) is 0 Å². The van der Waals surface area contributed by atoms with Crippen molar-refractivity contribution in [1.29, 1.82) is 0 Å². The van der Waals surface area contributed by atoms with Crippen molar-refractivity contribution in [3.8, 4) is 0 Å². The summed E-state index contributed by atoms with van der Waals surface area (Å²) in [5.41, 5.74) is 0. The Morgan fingerprint density at radius 1 is 1.17 bits per heavy atom. The van der Waals surface area contributed by atoms with Crippen molar-refractivity contribution >= 4 is 5.91 Å². The summed E-state index contributed by atoms with van der Waals surface area (Å²) < 4.78 is 1.95. The zero-order chi connectivity index (χ0) is 16.1. The average molecular weight is 320 g/mol. The standard InChI is InChI=1S/C16H28N6O/c1-20-7-2-8-21(10-9-20)11-16(23)19-14-3-5-15(6-4-14)22-13-17-12-18-22/h12-15H,2-11H2,1H3,(H,19,23). The summed E-state index contributed by atoms with van der Waals surface area (Å²) in [6, 6.07) is 0.753. The minimum Gasteiger partial charge on any atom is -0.352 e. The molecule has 7 heteroatoms. The Morgan fingerprint density at radius 3 is 2.74 bits per heavy atom. The number of nitrogens with one attached hydrogen (secondary N) is 1. The summed E-state index contributed by atoms with van der Waals surface area (Å²) in [6.07, 6.45) is 8.70. The first-order chi connectivity index (χ1) is 11.2. The largest absolute Gasteiger partial charge is 0.352 e. The molecule has 23 heavy (non-hydrogen) atoms. The number of rotatable bonds is 4. The Labute approximate surface area is 138 Å². The fourth-order valence-electron chi connectivity index (χ4n) is 3.63. The summed E-state index contributed by atoms with van der Waals surface area (Å²) in [7, 11) is 2.15. The highest BCUT2D eigenvalue weighted by molar-refractivity contribution is 5.78. The molecular formula is C16H28N6O. The molecule has 2 fully saturated rings. The Kier molecular flexibility index (Phi) is 5.61. The van der Waals surface area contributed by atoms with Gasteiger partial charge in [-0.05, 0) is 52.2 Å². The first kappa shape index (κ1) is 16.4. The van der Waals surface area contributed by atoms with Crippen molar-refractivity contribution < 1.29 is 4.79 Å². The van der Waals surface area contributed by atoms with E-state index in [-0.39, 0.29) is 5.91 Å². The smallest absolute Gasteiger partial charge is 0.234 e. The maximum Gasteiger partial charge on any atom is 0.234 e. The molecule has 3 rings (SSSR count). The Bertz CT molecular complexity index is 483. The molecule has 1 aromatic rings. The summed E-state index contributed by atoms with van der Waals surface area (Å²) in [5.74, 6) is 0.179. The van der Waals surface area contributed by atoms with E-state index in [0.29, 0.717) is 18.6 Å². The first-order valence-corrected chi connectivity index (χ1v) is 8.75. The summed E-state index contributed by atoms with van der Waals surface area (Å²) >= 11 is 0. The molecule has 1 saturated heterocycles. The molecule has 7 nitrogen and oxygen atoms in total. The second-order valence-corrected chi connectivity index (χ2v) is 6.88. The number of aromatic nitrogens is 3. The number of carbonyl (C=O) groups is 1. The molecule has 1 aliphatic carbocycles. The molecule has 1 N–H and O–H groups in total. The molecule has 0 unspecified atom stereocenters. The van der Waals surface area contributed by atoms with E-state index in [4.69, 9.17) is 0 Å². The zero-order valence-electron chi connectivity index (χ0n) is 14.0. The third kappa shape index (κ3) is 4.75. The van der Waals surface area contributed by atoms with E-state index >= 15 is 0 Å². The van der Waals surface area contributed by atoms with E-state index in [2.05, 4.69) is 32.2 Å². The van der Waals surface area contributed by atoms with Crippen LogP contribution < -0.4 is 5.32 Å². The van der Waals surface area contributed by atoms with Gasteiger partial charge in [0.1, 0.15) is 12.7 Å². The normalized spacial score (nSPS) is 27.5. The van der Waals surface area contributed by atoms with Crippen LogP contribution in [0.3, 0.4) is 0 Å². The number of amides is 1. The number of likely N-dealkylation sites (N-methyl/N-ethyl adjacent to an activating group) is 1. The Morgan fingerprint density at radius 2 is 2.00 bits per heavy atom. The quantitative estimate of drug-likeness (QED) is 0.876. The van der Waals surface area contributed by atoms with Gasteiger partial charge in [-0.3, -0.25) is 9.69 Å². The minimum absolute atomic E-state index is 0.179. The SMILES string of the molecule is CN1CCCN(CC(=O)NC2CCC(n3cncn3)CC2)CC1. The van der Waals surface area contributed by atoms with Crippen LogP contribution >= 0.6 is 0 Å². The summed E-state index contributed by atoms with van der Waals surface area (Å²) in [5, 5.41) is 7.45. The van der Waals surface area contributed by atoms with Crippen molar-refractivity contribution in [2.45, 2.75) is 44.2 Å². The van der Waals surface area contributed by atoms with Crippen LogP contribution in [0.15, 0.2) is 12.7 Å². The average Bonchev–Trinajstić information content (AvgIpc) is 3.00. The van der Waals surface area contributed by atoms with Gasteiger partial charge in [-0.2, -0.15) is 5.10 Å². The van der Waals surface area contributed by atoms with Crippen LogP contribution in [0.5, 0.6) is 0 Å². The summed E-state index contributed by atoms with van der Waals surface area (Å²) in [6.45, 7) is 4.73. The van der Waals surface area contributed by atoms with E-state index in [0.717, 1.165) is 58.3 Å². The van der Waals surface area contributed by atoms with Crippen LogP contribution in [-0.2, 0) is 4.79 Å². The van der Waals surface area contributed by atoms with Crippen LogP contribution in [-0.4, -0.2) is 76.3 Å². The van der Waals surface area contributed by atoms with Crippen molar-refractivity contribution in [3.05, 3.63) is 12.7 Å². The molecule has 1 saturated carbocycles. The molecule has 1 aliphatic heterocycles. The van der Waals surface area contributed by atoms with Gasteiger partial charge < -0.3 is 10.2 Å². The topological polar surface area (TPSA) is 66.3 Å². The molecule has 2 aliphatic rings. The van der Waals surface area contributed by atoms with Crippen LogP contribution in [0.1, 0.15) is 38.1 Å². The fourth-order valence-corrected chi connectivity index (χ4v) is 3.63. The van der Waals surface area contributed by atoms with Crippen molar-refractivity contribution in [2.75, 3.05) is 39.8 Å². The van der Waals surface area contributed by atoms with Gasteiger partial charge in [0.15, 0.2) is 0 Å². The monoisotopic (exact) mass is 320 g/mol. The van der Waals surface area contributed by atoms with Gasteiger partial charge in [-0.15, -0.1) is 0 Å². The summed E-state index contributed by atoms with van der Waals surface area (Å²) in [4.78, 5) is 20.9. The van der Waals surface area contributed by atoms with Crippen molar-refractivity contribution in [3.63, 3.8) is 0 Å². The van der Waals surface area contributed by atoms with Gasteiger partial charge >= 0.3 is 0 Å². The molecule has 0 atom stereocenters. The lowest BCUT2D eigenvalue weighted by Crippen LogP contribution is -2.44. The Hall–Kier alpha value is -1.47. The van der Waals surface area contributed by atoms with Crippen LogP contribution in [0.2, 0.25) is 0 Å². The van der Waals surface area contributed by atoms with E-state index in [9.17, 15) is 4.79 Å². The Balaban J connectivity index is 1.39. The first-order valence-electron chi connectivity index (χ1n) is 8.75. The van der Waals surface area contributed by atoms with Gasteiger partial charge in [0.05, 0.1) is 12.6 Å². The molecule has 0 radical (unpaired) electrons. The highest BCUT2D eigenvalue weighted by Gasteiger charge is 2.24. The molecule has 0 bridgehead atoms. The third-order valence-electron chi connectivity index (χ3n) is 5.05. The van der Waals surface area contributed by atoms with Gasteiger partial charge in [0.25, 0.3) is 0 Å². The highest BCUT2D eigenvalue weighted by atomic mass is 16.2. The lowest BCUT2D eigenvalue weighted by Gasteiger charge is -2.29. The predicted molar refractivity (Wildman–Crippen MR) is 88.0 cm³/mol. The van der Waals surface area contributed by atoms with Crippen molar-refractivity contribution in [1.82, 2.24) is 29.9 Å². The molecule has 0 spiro atoms. The fraction of sp³-hybridized carbons (Fsp3) is 0.812. The van der Waals surface area contributed by atoms with Gasteiger partial charge in [-0.25, -0.2) is 9.67 Å². The number of hydrogen-bond donors (Lipinski definition) is 1. The maximum absolute atomic E-state index is 12.3. The van der Waals surface area contributed by atoms with E-state index < -0.39 is 0 Å². The van der Waals surface area contributed by atoms with Gasteiger partial charge in [0, 0.05) is 19.1 Å². The van der Waals surface area contributed by atoms with Gasteiger partial charge in [-0.1, -0.05) is 0 Å². The lowest BCUT2D eigenvalue weighted by atomic mass is 9.91. The second kappa shape index (κ2) is 7.88. The van der Waals surface area contributed by atoms with E-state index in [1.165, 1.54) is 0 Å². The van der Waals surface area contributed by atoms with E-state index in [1.807, 2.05) is 4.68 Å². The molecule has 0 aromatic carbocycles. The van der Waals surface area contributed by atoms with Crippen LogP contribution in [0, 0.1) is 0 Å². The van der Waals surface area contributed by atoms with Crippen LogP contribution in [0.25, 0.3) is 0 Å². The molecule has 1 aromatic heterocycles. The number of hydrogen-bond acceptors (Lipinski definition) is 5. The predicted octanol–water partition coefficient (Wildman–Crippen LogP) is 0.516. The highest BCUT2D eigenvalue weighted by Crippen LogP contribution is 2.27. The number of nitrogens with zero attached hydrogens (tertiary/aromatic N) is 5. The lowest BCUT2D eigenvalue weighted by molar-refractivity contribution is -0.123. The zero-order valence-corrected chi connectivity index (χ0v) is 14.0. The maximum atomic E-state index is 12.3. The van der Waals surface area contributed by atoms with Gasteiger partial charge in [0.2, 0.25) is 5.91 Å². The third-order valence-corrected chi connectivity index (χ3v) is 5.05. The molecule has 2 heterocycles. The van der Waals surface area contributed by atoms with E-state index in [1.54, 1.807) is 12.7 Å². The molecular weight excluding hydrogens is 292 g/mol. The number of carbonyl (C=O) groups excluding carboxylic acids is 1. The van der Waals surface area contributed by atoms with Crippen molar-refractivity contribution in [2.24, 2.45) is 0 Å². The minimum atomic E-state index is 0.179. The molecule has 128 valence electrons.